The van der Waals surface area contributed by atoms with Crippen LogP contribution < -0.4 is 4.72 Å². The largest absolute Gasteiger partial charge is 0.379 e. The highest BCUT2D eigenvalue weighted by Gasteiger charge is 2.20. The Morgan fingerprint density at radius 1 is 1.21 bits per heavy atom. The van der Waals surface area contributed by atoms with Crippen LogP contribution in [0.2, 0.25) is 0 Å². The van der Waals surface area contributed by atoms with Gasteiger partial charge < -0.3 is 4.74 Å². The Kier molecular flexibility index (Phi) is 6.80. The van der Waals surface area contributed by atoms with Crippen molar-refractivity contribution in [1.29, 1.82) is 0 Å². The van der Waals surface area contributed by atoms with Gasteiger partial charge in [-0.1, -0.05) is 0 Å². The van der Waals surface area contributed by atoms with Crippen molar-refractivity contribution in [2.24, 2.45) is 0 Å². The summed E-state index contributed by atoms with van der Waals surface area (Å²) in [5.74, 6) is 0. The first-order valence-electron chi connectivity index (χ1n) is 7.49. The van der Waals surface area contributed by atoms with Gasteiger partial charge in [0.15, 0.2) is 9.84 Å². The highest BCUT2D eigenvalue weighted by Crippen LogP contribution is 2.25. The maximum Gasteiger partial charge on any atom is 0.241 e. The fraction of sp³-hybridized carbons (Fsp3) is 0.571. The van der Waals surface area contributed by atoms with Crippen molar-refractivity contribution in [3.05, 3.63) is 22.7 Å². The van der Waals surface area contributed by atoms with Crippen molar-refractivity contribution >= 4 is 35.8 Å². The molecule has 0 aromatic heterocycles. The first-order chi connectivity index (χ1) is 11.2. The SMILES string of the molecule is CS(=O)(=O)c1ccc(Br)c(S(=O)(=O)NCCCN2CCOCC2)c1. The maximum absolute atomic E-state index is 12.4. The predicted molar refractivity (Wildman–Crippen MR) is 94.3 cm³/mol. The standard InChI is InChI=1S/C14H21BrN2O5S2/c1-23(18,19)12-3-4-13(15)14(11-12)24(20,21)16-5-2-6-17-7-9-22-10-8-17/h3-4,11,16H,2,5-10H2,1H3. The summed E-state index contributed by atoms with van der Waals surface area (Å²) in [6, 6.07) is 3.97. The smallest absolute Gasteiger partial charge is 0.241 e. The highest BCUT2D eigenvalue weighted by atomic mass is 79.9. The minimum absolute atomic E-state index is 0.0283. The van der Waals surface area contributed by atoms with Gasteiger partial charge in [0.1, 0.15) is 0 Å². The summed E-state index contributed by atoms with van der Waals surface area (Å²) in [6.07, 6.45) is 1.71. The molecule has 1 saturated heterocycles. The Hall–Kier alpha value is -0.520. The lowest BCUT2D eigenvalue weighted by atomic mass is 10.3. The Bertz CT molecular complexity index is 774. The number of halogens is 1. The summed E-state index contributed by atoms with van der Waals surface area (Å²) in [6.45, 7) is 4.20. The van der Waals surface area contributed by atoms with E-state index >= 15 is 0 Å². The number of sulfone groups is 1. The molecular weight excluding hydrogens is 420 g/mol. The van der Waals surface area contributed by atoms with Crippen LogP contribution in [0.25, 0.3) is 0 Å². The summed E-state index contributed by atoms with van der Waals surface area (Å²) in [4.78, 5) is 2.12. The lowest BCUT2D eigenvalue weighted by molar-refractivity contribution is 0.0376. The van der Waals surface area contributed by atoms with Gasteiger partial charge >= 0.3 is 0 Å². The molecule has 0 amide bonds. The molecule has 10 heteroatoms. The van der Waals surface area contributed by atoms with E-state index in [1.54, 1.807) is 0 Å². The van der Waals surface area contributed by atoms with Crippen LogP contribution in [-0.2, 0) is 24.6 Å². The van der Waals surface area contributed by atoms with E-state index < -0.39 is 19.9 Å². The molecule has 0 atom stereocenters. The molecular formula is C14H21BrN2O5S2. The number of benzene rings is 1. The second-order valence-electron chi connectivity index (χ2n) is 5.57. The van der Waals surface area contributed by atoms with Crippen molar-refractivity contribution in [2.45, 2.75) is 16.2 Å². The molecule has 1 aromatic carbocycles. The second-order valence-corrected chi connectivity index (χ2v) is 10.2. The summed E-state index contributed by atoms with van der Waals surface area (Å²) in [5, 5.41) is 0. The van der Waals surface area contributed by atoms with Crippen LogP contribution in [0.5, 0.6) is 0 Å². The van der Waals surface area contributed by atoms with Gasteiger partial charge in [-0.3, -0.25) is 4.90 Å². The molecule has 0 aliphatic carbocycles. The fourth-order valence-electron chi connectivity index (χ4n) is 2.33. The average molecular weight is 441 g/mol. The van der Waals surface area contributed by atoms with Gasteiger partial charge in [-0.05, 0) is 47.1 Å². The molecule has 0 saturated carbocycles. The Morgan fingerprint density at radius 3 is 2.50 bits per heavy atom. The molecule has 1 fully saturated rings. The molecule has 1 aliphatic heterocycles. The van der Waals surface area contributed by atoms with Crippen LogP contribution in [0.1, 0.15) is 6.42 Å². The van der Waals surface area contributed by atoms with Crippen LogP contribution in [0.4, 0.5) is 0 Å². The van der Waals surface area contributed by atoms with Gasteiger partial charge in [0.2, 0.25) is 10.0 Å². The number of nitrogens with one attached hydrogen (secondary N) is 1. The summed E-state index contributed by atoms with van der Waals surface area (Å²) < 4.78 is 56.2. The molecule has 7 nitrogen and oxygen atoms in total. The summed E-state index contributed by atoms with van der Waals surface area (Å²) in [5.41, 5.74) is 0. The molecule has 1 aliphatic rings. The minimum Gasteiger partial charge on any atom is -0.379 e. The van der Waals surface area contributed by atoms with Crippen molar-refractivity contribution in [3.63, 3.8) is 0 Å². The molecule has 0 spiro atoms. The van der Waals surface area contributed by atoms with Gasteiger partial charge in [0.25, 0.3) is 0 Å². The quantitative estimate of drug-likeness (QED) is 0.631. The third-order valence-electron chi connectivity index (χ3n) is 3.67. The number of hydrogen-bond acceptors (Lipinski definition) is 6. The second kappa shape index (κ2) is 8.24. The Morgan fingerprint density at radius 2 is 1.88 bits per heavy atom. The monoisotopic (exact) mass is 440 g/mol. The number of hydrogen-bond donors (Lipinski definition) is 1. The number of rotatable bonds is 7. The zero-order valence-electron chi connectivity index (χ0n) is 13.4. The third-order valence-corrected chi connectivity index (χ3v) is 7.23. The van der Waals surface area contributed by atoms with E-state index in [9.17, 15) is 16.8 Å². The summed E-state index contributed by atoms with van der Waals surface area (Å²) >= 11 is 3.17. The first-order valence-corrected chi connectivity index (χ1v) is 11.7. The number of ether oxygens (including phenoxy) is 1. The molecule has 136 valence electrons. The van der Waals surface area contributed by atoms with Crippen molar-refractivity contribution in [3.8, 4) is 0 Å². The molecule has 0 bridgehead atoms. The fourth-order valence-corrected chi connectivity index (χ4v) is 5.12. The van der Waals surface area contributed by atoms with Crippen LogP contribution in [0.3, 0.4) is 0 Å². The molecule has 2 rings (SSSR count). The van der Waals surface area contributed by atoms with Crippen LogP contribution in [-0.4, -0.2) is 67.4 Å². The molecule has 1 N–H and O–H groups in total. The van der Waals surface area contributed by atoms with Crippen molar-refractivity contribution in [2.75, 3.05) is 45.6 Å². The van der Waals surface area contributed by atoms with Crippen LogP contribution in [0.15, 0.2) is 32.5 Å². The lowest BCUT2D eigenvalue weighted by Gasteiger charge is -2.26. The number of morpholine rings is 1. The summed E-state index contributed by atoms with van der Waals surface area (Å²) in [7, 11) is -7.25. The molecule has 24 heavy (non-hydrogen) atoms. The number of sulfonamides is 1. The van der Waals surface area contributed by atoms with E-state index in [4.69, 9.17) is 4.74 Å². The van der Waals surface area contributed by atoms with E-state index in [2.05, 4.69) is 25.6 Å². The zero-order chi connectivity index (χ0) is 17.8. The molecule has 1 aromatic rings. The zero-order valence-corrected chi connectivity index (χ0v) is 16.6. The Labute approximate surface area is 151 Å². The van der Waals surface area contributed by atoms with E-state index in [1.165, 1.54) is 18.2 Å². The molecule has 0 radical (unpaired) electrons. The number of nitrogens with zero attached hydrogens (tertiary/aromatic N) is 1. The van der Waals surface area contributed by atoms with E-state index in [0.29, 0.717) is 24.1 Å². The van der Waals surface area contributed by atoms with Gasteiger partial charge in [0.05, 0.1) is 23.0 Å². The molecule has 1 heterocycles. The van der Waals surface area contributed by atoms with Gasteiger partial charge in [-0.15, -0.1) is 0 Å². The van der Waals surface area contributed by atoms with Crippen molar-refractivity contribution in [1.82, 2.24) is 9.62 Å². The minimum atomic E-state index is -3.78. The molecule has 0 unspecified atom stereocenters. The van der Waals surface area contributed by atoms with Gasteiger partial charge in [-0.2, -0.15) is 0 Å². The maximum atomic E-state index is 12.4. The highest BCUT2D eigenvalue weighted by molar-refractivity contribution is 9.10. The first kappa shape index (κ1) is 19.8. The van der Waals surface area contributed by atoms with Crippen LogP contribution >= 0.6 is 15.9 Å². The van der Waals surface area contributed by atoms with Gasteiger partial charge in [-0.25, -0.2) is 21.6 Å². The lowest BCUT2D eigenvalue weighted by Crippen LogP contribution is -2.38. The van der Waals surface area contributed by atoms with E-state index in [1.807, 2.05) is 0 Å². The Balaban J connectivity index is 1.99. The third kappa shape index (κ3) is 5.50. The average Bonchev–Trinajstić information content (AvgIpc) is 2.52. The normalized spacial score (nSPS) is 17.1. The van der Waals surface area contributed by atoms with Crippen LogP contribution in [0, 0.1) is 0 Å². The predicted octanol–water partition coefficient (Wildman–Crippen LogP) is 0.853. The topological polar surface area (TPSA) is 92.8 Å². The van der Waals surface area contributed by atoms with Crippen molar-refractivity contribution < 1.29 is 21.6 Å². The van der Waals surface area contributed by atoms with E-state index in [0.717, 1.165) is 25.9 Å². The van der Waals surface area contributed by atoms with Gasteiger partial charge in [0, 0.05) is 30.4 Å². The van der Waals surface area contributed by atoms with E-state index in [-0.39, 0.29) is 16.3 Å².